The Morgan fingerprint density at radius 2 is 2.13 bits per heavy atom. The number of piperidine rings is 1. The molecule has 2 aliphatic rings. The van der Waals surface area contributed by atoms with Crippen molar-refractivity contribution in [3.8, 4) is 0 Å². The van der Waals surface area contributed by atoms with E-state index in [2.05, 4.69) is 17.6 Å². The third-order valence-electron chi connectivity index (χ3n) is 4.66. The fraction of sp³-hybridized carbons (Fsp3) is 0.529. The van der Waals surface area contributed by atoms with E-state index < -0.39 is 11.9 Å². The number of hydrogen-bond acceptors (Lipinski definition) is 3. The summed E-state index contributed by atoms with van der Waals surface area (Å²) in [5.74, 6) is -0.765. The Morgan fingerprint density at radius 1 is 1.35 bits per heavy atom. The van der Waals surface area contributed by atoms with Crippen LogP contribution in [0.2, 0.25) is 0 Å². The standard InChI is InChI=1S/C17H22FN3O2/c1-11-10-12(6-8-19-11)16(22)20-14-7-9-21(17(14)23)15-5-3-2-4-13(15)18/h2-5,11-12,14,19H,6-10H2,1H3,(H,20,22)/t11-,12-,14?/m0/s1. The quantitative estimate of drug-likeness (QED) is 0.886. The molecule has 0 spiro atoms. The van der Waals surface area contributed by atoms with E-state index in [0.29, 0.717) is 19.0 Å². The molecule has 2 fully saturated rings. The van der Waals surface area contributed by atoms with E-state index in [-0.39, 0.29) is 23.4 Å². The van der Waals surface area contributed by atoms with E-state index in [1.807, 2.05) is 0 Å². The molecule has 2 saturated heterocycles. The number of nitrogens with zero attached hydrogens (tertiary/aromatic N) is 1. The van der Waals surface area contributed by atoms with Crippen molar-refractivity contribution in [2.24, 2.45) is 5.92 Å². The Balaban J connectivity index is 1.63. The number of nitrogens with one attached hydrogen (secondary N) is 2. The first kappa shape index (κ1) is 15.9. The van der Waals surface area contributed by atoms with Crippen LogP contribution in [0.3, 0.4) is 0 Å². The zero-order chi connectivity index (χ0) is 16.4. The maximum Gasteiger partial charge on any atom is 0.249 e. The van der Waals surface area contributed by atoms with E-state index in [1.165, 1.54) is 11.0 Å². The molecule has 2 N–H and O–H groups in total. The molecule has 1 aromatic rings. The van der Waals surface area contributed by atoms with Crippen molar-refractivity contribution >= 4 is 17.5 Å². The van der Waals surface area contributed by atoms with Gasteiger partial charge >= 0.3 is 0 Å². The van der Waals surface area contributed by atoms with Crippen molar-refractivity contribution in [3.63, 3.8) is 0 Å². The monoisotopic (exact) mass is 319 g/mol. The number of rotatable bonds is 3. The van der Waals surface area contributed by atoms with Crippen LogP contribution in [0.1, 0.15) is 26.2 Å². The second-order valence-electron chi connectivity index (χ2n) is 6.37. The summed E-state index contributed by atoms with van der Waals surface area (Å²) >= 11 is 0. The van der Waals surface area contributed by atoms with Gasteiger partial charge in [-0.25, -0.2) is 4.39 Å². The molecule has 2 amide bonds. The highest BCUT2D eigenvalue weighted by Gasteiger charge is 2.36. The average molecular weight is 319 g/mol. The van der Waals surface area contributed by atoms with Gasteiger partial charge in [-0.2, -0.15) is 0 Å². The number of para-hydroxylation sites is 1. The van der Waals surface area contributed by atoms with Crippen LogP contribution in [-0.4, -0.2) is 37.0 Å². The van der Waals surface area contributed by atoms with Crippen molar-refractivity contribution in [2.75, 3.05) is 18.0 Å². The smallest absolute Gasteiger partial charge is 0.249 e. The number of hydrogen-bond donors (Lipinski definition) is 2. The Hall–Kier alpha value is -1.95. The summed E-state index contributed by atoms with van der Waals surface area (Å²) in [6.07, 6.45) is 2.08. The number of amides is 2. The molecule has 2 aliphatic heterocycles. The van der Waals surface area contributed by atoms with Crippen LogP contribution in [0.25, 0.3) is 0 Å². The predicted octanol–water partition coefficient (Wildman–Crippen LogP) is 1.44. The van der Waals surface area contributed by atoms with Gasteiger partial charge in [0.05, 0.1) is 5.69 Å². The largest absolute Gasteiger partial charge is 0.344 e. The number of carbonyl (C=O) groups is 2. The first-order valence-electron chi connectivity index (χ1n) is 8.16. The summed E-state index contributed by atoms with van der Waals surface area (Å²) in [6, 6.07) is 5.99. The molecule has 5 nitrogen and oxygen atoms in total. The highest BCUT2D eigenvalue weighted by molar-refractivity contribution is 6.01. The molecule has 6 heteroatoms. The Morgan fingerprint density at radius 3 is 2.87 bits per heavy atom. The molecular formula is C17H22FN3O2. The van der Waals surface area contributed by atoms with Crippen LogP contribution in [0, 0.1) is 11.7 Å². The number of anilines is 1. The van der Waals surface area contributed by atoms with Gasteiger partial charge in [-0.05, 0) is 44.9 Å². The minimum atomic E-state index is -0.549. The van der Waals surface area contributed by atoms with Gasteiger partial charge in [0, 0.05) is 18.5 Å². The third kappa shape index (κ3) is 3.37. The number of benzene rings is 1. The lowest BCUT2D eigenvalue weighted by Crippen LogP contribution is -2.47. The van der Waals surface area contributed by atoms with Crippen molar-refractivity contribution in [1.29, 1.82) is 0 Å². The predicted molar refractivity (Wildman–Crippen MR) is 85.5 cm³/mol. The Kier molecular flexibility index (Phi) is 4.61. The van der Waals surface area contributed by atoms with E-state index >= 15 is 0 Å². The second kappa shape index (κ2) is 6.66. The minimum absolute atomic E-state index is 0.0541. The van der Waals surface area contributed by atoms with Crippen LogP contribution < -0.4 is 15.5 Å². The zero-order valence-corrected chi connectivity index (χ0v) is 13.2. The molecule has 124 valence electrons. The van der Waals surface area contributed by atoms with E-state index in [1.54, 1.807) is 18.2 Å². The van der Waals surface area contributed by atoms with Gasteiger partial charge in [-0.15, -0.1) is 0 Å². The molecule has 3 rings (SSSR count). The molecule has 0 aliphatic carbocycles. The molecule has 0 aromatic heterocycles. The third-order valence-corrected chi connectivity index (χ3v) is 4.66. The molecule has 2 heterocycles. The molecule has 1 aromatic carbocycles. The molecule has 0 bridgehead atoms. The lowest BCUT2D eigenvalue weighted by atomic mass is 9.92. The van der Waals surface area contributed by atoms with E-state index in [4.69, 9.17) is 0 Å². The maximum absolute atomic E-state index is 13.9. The summed E-state index contributed by atoms with van der Waals surface area (Å²) in [5.41, 5.74) is 0.282. The van der Waals surface area contributed by atoms with Gasteiger partial charge in [0.1, 0.15) is 11.9 Å². The van der Waals surface area contributed by atoms with Crippen molar-refractivity contribution in [2.45, 2.75) is 38.3 Å². The van der Waals surface area contributed by atoms with Gasteiger partial charge < -0.3 is 15.5 Å². The Labute approximate surface area is 135 Å². The van der Waals surface area contributed by atoms with Crippen LogP contribution in [0.15, 0.2) is 24.3 Å². The van der Waals surface area contributed by atoms with Gasteiger partial charge in [0.2, 0.25) is 11.8 Å². The molecule has 0 radical (unpaired) electrons. The SMILES string of the molecule is C[C@H]1C[C@@H](C(=O)NC2CCN(c3ccccc3F)C2=O)CCN1. The first-order chi connectivity index (χ1) is 11.1. The minimum Gasteiger partial charge on any atom is -0.344 e. The van der Waals surface area contributed by atoms with Crippen LogP contribution in [0.5, 0.6) is 0 Å². The van der Waals surface area contributed by atoms with Gasteiger partial charge in [0.15, 0.2) is 0 Å². The van der Waals surface area contributed by atoms with E-state index in [9.17, 15) is 14.0 Å². The highest BCUT2D eigenvalue weighted by Crippen LogP contribution is 2.25. The van der Waals surface area contributed by atoms with E-state index in [0.717, 1.165) is 19.4 Å². The first-order valence-corrected chi connectivity index (χ1v) is 8.16. The van der Waals surface area contributed by atoms with Gasteiger partial charge in [0.25, 0.3) is 0 Å². The summed E-state index contributed by atoms with van der Waals surface area (Å²) in [6.45, 7) is 3.30. The molecule has 23 heavy (non-hydrogen) atoms. The molecular weight excluding hydrogens is 297 g/mol. The van der Waals surface area contributed by atoms with Crippen LogP contribution >= 0.6 is 0 Å². The molecule has 0 saturated carbocycles. The van der Waals surface area contributed by atoms with Gasteiger partial charge in [-0.1, -0.05) is 12.1 Å². The molecule has 1 unspecified atom stereocenters. The van der Waals surface area contributed by atoms with Crippen molar-refractivity contribution in [3.05, 3.63) is 30.1 Å². The topological polar surface area (TPSA) is 61.4 Å². The van der Waals surface area contributed by atoms with Crippen molar-refractivity contribution < 1.29 is 14.0 Å². The number of halogens is 1. The maximum atomic E-state index is 13.9. The zero-order valence-electron chi connectivity index (χ0n) is 13.2. The normalized spacial score (nSPS) is 28.0. The summed E-state index contributed by atoms with van der Waals surface area (Å²) in [5, 5.41) is 6.16. The summed E-state index contributed by atoms with van der Waals surface area (Å²) in [7, 11) is 0. The van der Waals surface area contributed by atoms with Crippen LogP contribution in [-0.2, 0) is 9.59 Å². The lowest BCUT2D eigenvalue weighted by molar-refractivity contribution is -0.130. The Bertz CT molecular complexity index is 607. The fourth-order valence-electron chi connectivity index (χ4n) is 3.38. The van der Waals surface area contributed by atoms with Gasteiger partial charge in [-0.3, -0.25) is 9.59 Å². The molecule has 3 atom stereocenters. The van der Waals surface area contributed by atoms with Crippen molar-refractivity contribution in [1.82, 2.24) is 10.6 Å². The lowest BCUT2D eigenvalue weighted by Gasteiger charge is -2.28. The summed E-state index contributed by atoms with van der Waals surface area (Å²) in [4.78, 5) is 26.3. The average Bonchev–Trinajstić information content (AvgIpc) is 2.89. The number of carbonyl (C=O) groups excluding carboxylic acids is 2. The summed E-state index contributed by atoms with van der Waals surface area (Å²) < 4.78 is 13.9. The fourth-order valence-corrected chi connectivity index (χ4v) is 3.38. The second-order valence-corrected chi connectivity index (χ2v) is 6.37. The van der Waals surface area contributed by atoms with Crippen LogP contribution in [0.4, 0.5) is 10.1 Å². The highest BCUT2D eigenvalue weighted by atomic mass is 19.1.